The van der Waals surface area contributed by atoms with Gasteiger partial charge in [-0.05, 0) is 61.0 Å². The minimum Gasteiger partial charge on any atom is -0.457 e. The van der Waals surface area contributed by atoms with Gasteiger partial charge in [-0.15, -0.1) is 0 Å². The van der Waals surface area contributed by atoms with Crippen LogP contribution in [0, 0.1) is 6.92 Å². The van der Waals surface area contributed by atoms with Crippen LogP contribution in [0.2, 0.25) is 0 Å². The normalized spacial score (nSPS) is 11.1. The number of nitrogens with zero attached hydrogens (tertiary/aromatic N) is 5. The van der Waals surface area contributed by atoms with Gasteiger partial charge in [0, 0.05) is 36.9 Å². The van der Waals surface area contributed by atoms with Crippen molar-refractivity contribution in [3.8, 4) is 11.5 Å². The van der Waals surface area contributed by atoms with Gasteiger partial charge in [-0.3, -0.25) is 4.79 Å². The molecule has 9 nitrogen and oxygen atoms in total. The molecular weight excluding hydrogens is 454 g/mol. The van der Waals surface area contributed by atoms with Crippen LogP contribution in [0.15, 0.2) is 86.1 Å². The lowest BCUT2D eigenvalue weighted by atomic mass is 10.2. The third-order valence-corrected chi connectivity index (χ3v) is 5.41. The molecule has 5 aromatic rings. The van der Waals surface area contributed by atoms with Gasteiger partial charge in [0.2, 0.25) is 5.91 Å². The molecule has 0 saturated heterocycles. The van der Waals surface area contributed by atoms with E-state index in [9.17, 15) is 4.79 Å². The van der Waals surface area contributed by atoms with Crippen molar-refractivity contribution in [1.29, 1.82) is 0 Å². The first kappa shape index (κ1) is 22.7. The number of hydrogen-bond acceptors (Lipinski definition) is 7. The molecule has 36 heavy (non-hydrogen) atoms. The van der Waals surface area contributed by atoms with E-state index in [-0.39, 0.29) is 5.91 Å². The molecule has 4 heterocycles. The second-order valence-electron chi connectivity index (χ2n) is 7.94. The molecule has 1 amide bonds. The number of aryl methyl sites for hydroxylation is 1. The number of amides is 1. The van der Waals surface area contributed by atoms with Crippen molar-refractivity contribution in [2.45, 2.75) is 6.92 Å². The smallest absolute Gasteiger partial charge is 0.243 e. The Kier molecular flexibility index (Phi) is 6.35. The van der Waals surface area contributed by atoms with Crippen molar-refractivity contribution < 1.29 is 9.53 Å². The van der Waals surface area contributed by atoms with Crippen molar-refractivity contribution in [2.24, 2.45) is 0 Å². The van der Waals surface area contributed by atoms with E-state index in [4.69, 9.17) is 4.74 Å². The predicted molar refractivity (Wildman–Crippen MR) is 139 cm³/mol. The number of carbonyl (C=O) groups excluding carboxylic acids is 1. The largest absolute Gasteiger partial charge is 0.457 e. The van der Waals surface area contributed by atoms with Crippen LogP contribution in [0.5, 0.6) is 11.5 Å². The molecule has 0 unspecified atom stereocenters. The van der Waals surface area contributed by atoms with E-state index in [0.29, 0.717) is 23.6 Å². The number of rotatable bonds is 8. The van der Waals surface area contributed by atoms with Crippen LogP contribution in [-0.4, -0.2) is 36.8 Å². The Morgan fingerprint density at radius 3 is 2.89 bits per heavy atom. The monoisotopic (exact) mass is 477 g/mol. The minimum absolute atomic E-state index is 0.225. The zero-order chi connectivity index (χ0) is 24.9. The van der Waals surface area contributed by atoms with E-state index < -0.39 is 0 Å². The van der Waals surface area contributed by atoms with Gasteiger partial charge in [0.05, 0.1) is 11.2 Å². The van der Waals surface area contributed by atoms with Crippen LogP contribution in [0.1, 0.15) is 11.3 Å². The number of fused-ring (bicyclic) bond motifs is 2. The predicted octanol–water partition coefficient (Wildman–Crippen LogP) is 4.83. The zero-order valence-electron chi connectivity index (χ0n) is 19.5. The van der Waals surface area contributed by atoms with Crippen molar-refractivity contribution in [1.82, 2.24) is 29.7 Å². The van der Waals surface area contributed by atoms with E-state index >= 15 is 0 Å². The van der Waals surface area contributed by atoms with Gasteiger partial charge < -0.3 is 19.8 Å². The maximum absolute atomic E-state index is 11.3. The highest BCUT2D eigenvalue weighted by Gasteiger charge is 2.09. The highest BCUT2D eigenvalue weighted by atomic mass is 16.5. The van der Waals surface area contributed by atoms with Crippen LogP contribution in [0.4, 0.5) is 11.5 Å². The van der Waals surface area contributed by atoms with Crippen molar-refractivity contribution in [2.75, 3.05) is 11.9 Å². The molecular formula is C27H23N7O2. The first-order valence-electron chi connectivity index (χ1n) is 11.3. The molecule has 0 atom stereocenters. The zero-order valence-corrected chi connectivity index (χ0v) is 19.5. The SMILES string of the molecule is C=CC(=O)NC/C=C/c1ccc2ncnc(Nc3ccc(Oc4ccn5ccnc5c4)c(C)c3)c2n1. The van der Waals surface area contributed by atoms with Crippen molar-refractivity contribution in [3.05, 3.63) is 97.4 Å². The molecule has 178 valence electrons. The first-order valence-corrected chi connectivity index (χ1v) is 11.3. The molecule has 9 heteroatoms. The van der Waals surface area contributed by atoms with E-state index in [0.717, 1.165) is 33.9 Å². The number of hydrogen-bond donors (Lipinski definition) is 2. The number of pyridine rings is 2. The summed E-state index contributed by atoms with van der Waals surface area (Å²) >= 11 is 0. The Morgan fingerprint density at radius 2 is 2.03 bits per heavy atom. The quantitative estimate of drug-likeness (QED) is 0.308. The van der Waals surface area contributed by atoms with Gasteiger partial charge in [-0.1, -0.05) is 12.7 Å². The van der Waals surface area contributed by atoms with Gasteiger partial charge in [-0.25, -0.2) is 19.9 Å². The van der Waals surface area contributed by atoms with E-state index in [2.05, 4.69) is 37.1 Å². The molecule has 0 aliphatic heterocycles. The number of aromatic nitrogens is 5. The Hall–Kier alpha value is -5.05. The fourth-order valence-electron chi connectivity index (χ4n) is 3.61. The lowest BCUT2D eigenvalue weighted by molar-refractivity contribution is -0.116. The Morgan fingerprint density at radius 1 is 1.11 bits per heavy atom. The van der Waals surface area contributed by atoms with Gasteiger partial charge in [-0.2, -0.15) is 0 Å². The highest BCUT2D eigenvalue weighted by molar-refractivity contribution is 5.88. The van der Waals surface area contributed by atoms with Crippen molar-refractivity contribution >= 4 is 40.2 Å². The number of imidazole rings is 1. The van der Waals surface area contributed by atoms with Crippen LogP contribution < -0.4 is 15.4 Å². The fourth-order valence-corrected chi connectivity index (χ4v) is 3.61. The molecule has 0 aliphatic carbocycles. The van der Waals surface area contributed by atoms with Gasteiger partial charge in [0.15, 0.2) is 5.82 Å². The standard InChI is InChI=1S/C27H23N7O2/c1-3-25(35)29-11-4-5-19-6-8-22-26(32-19)27(31-17-30-22)33-20-7-9-23(18(2)15-20)36-21-10-13-34-14-12-28-24(34)16-21/h3-10,12-17H,1,11H2,2H3,(H,29,35)(H,30,31,33)/b5-4+. The molecule has 0 fully saturated rings. The molecule has 2 N–H and O–H groups in total. The summed E-state index contributed by atoms with van der Waals surface area (Å²) in [6.07, 6.45) is 11.9. The third-order valence-electron chi connectivity index (χ3n) is 5.41. The first-order chi connectivity index (χ1) is 17.6. The molecule has 0 saturated carbocycles. The molecule has 4 aromatic heterocycles. The highest BCUT2D eigenvalue weighted by Crippen LogP contribution is 2.30. The lowest BCUT2D eigenvalue weighted by Crippen LogP contribution is -2.20. The Bertz CT molecular complexity index is 1610. The summed E-state index contributed by atoms with van der Waals surface area (Å²) in [6.45, 7) is 5.80. The lowest BCUT2D eigenvalue weighted by Gasteiger charge is -2.12. The topological polar surface area (TPSA) is 106 Å². The molecule has 5 rings (SSSR count). The average Bonchev–Trinajstić information content (AvgIpc) is 3.36. The maximum atomic E-state index is 11.3. The second kappa shape index (κ2) is 10.1. The number of ether oxygens (including phenoxy) is 1. The minimum atomic E-state index is -0.225. The molecule has 0 radical (unpaired) electrons. The van der Waals surface area contributed by atoms with Crippen LogP contribution >= 0.6 is 0 Å². The van der Waals surface area contributed by atoms with E-state index in [1.807, 2.05) is 78.3 Å². The Balaban J connectivity index is 1.34. The summed E-state index contributed by atoms with van der Waals surface area (Å²) in [4.78, 5) is 29.0. The fraction of sp³-hybridized carbons (Fsp3) is 0.0741. The van der Waals surface area contributed by atoms with Crippen LogP contribution in [-0.2, 0) is 4.79 Å². The summed E-state index contributed by atoms with van der Waals surface area (Å²) in [5, 5.41) is 6.03. The van der Waals surface area contributed by atoms with Gasteiger partial charge >= 0.3 is 0 Å². The Labute approximate surface area is 207 Å². The summed E-state index contributed by atoms with van der Waals surface area (Å²) in [5.74, 6) is 1.83. The van der Waals surface area contributed by atoms with Crippen LogP contribution in [0.3, 0.4) is 0 Å². The van der Waals surface area contributed by atoms with E-state index in [1.165, 1.54) is 12.4 Å². The summed E-state index contributed by atoms with van der Waals surface area (Å²) in [5.41, 5.74) is 4.71. The summed E-state index contributed by atoms with van der Waals surface area (Å²) in [6, 6.07) is 13.4. The second-order valence-corrected chi connectivity index (χ2v) is 7.94. The van der Waals surface area contributed by atoms with Crippen LogP contribution in [0.25, 0.3) is 22.8 Å². The molecule has 0 bridgehead atoms. The number of carbonyl (C=O) groups is 1. The number of benzene rings is 1. The van der Waals surface area contributed by atoms with E-state index in [1.54, 1.807) is 6.20 Å². The number of anilines is 2. The van der Waals surface area contributed by atoms with Gasteiger partial charge in [0.25, 0.3) is 0 Å². The molecule has 0 spiro atoms. The third kappa shape index (κ3) is 5.05. The summed E-state index contributed by atoms with van der Waals surface area (Å²) in [7, 11) is 0. The summed E-state index contributed by atoms with van der Waals surface area (Å²) < 4.78 is 8.01. The number of nitrogens with one attached hydrogen (secondary N) is 2. The molecule has 0 aliphatic rings. The maximum Gasteiger partial charge on any atom is 0.243 e. The average molecular weight is 478 g/mol. The van der Waals surface area contributed by atoms with Crippen molar-refractivity contribution in [3.63, 3.8) is 0 Å². The molecule has 1 aromatic carbocycles. The van der Waals surface area contributed by atoms with Gasteiger partial charge in [0.1, 0.15) is 29.0 Å².